The largest absolute Gasteiger partial charge is 0.480 e. The average molecular weight is 359 g/mol. The van der Waals surface area contributed by atoms with Gasteiger partial charge in [0.15, 0.2) is 0 Å². The van der Waals surface area contributed by atoms with E-state index in [4.69, 9.17) is 0 Å². The number of aliphatic carboxylic acids is 1. The lowest BCUT2D eigenvalue weighted by Crippen LogP contribution is -2.32. The van der Waals surface area contributed by atoms with Crippen LogP contribution in [0.15, 0.2) is 60.9 Å². The van der Waals surface area contributed by atoms with Gasteiger partial charge in [0, 0.05) is 17.5 Å². The van der Waals surface area contributed by atoms with E-state index in [2.05, 4.69) is 27.4 Å². The third-order valence-corrected chi connectivity index (χ3v) is 4.98. The third kappa shape index (κ3) is 3.67. The molecule has 0 aliphatic heterocycles. The number of hydrogen-bond donors (Lipinski definition) is 2. The fourth-order valence-electron chi connectivity index (χ4n) is 3.65. The maximum absolute atomic E-state index is 11.8. The fourth-order valence-corrected chi connectivity index (χ4v) is 3.65. The number of fused-ring (bicyclic) bond motifs is 3. The van der Waals surface area contributed by atoms with Gasteiger partial charge in [0.05, 0.1) is 5.69 Å². The maximum atomic E-state index is 11.8. The van der Waals surface area contributed by atoms with Crippen molar-refractivity contribution in [1.29, 1.82) is 0 Å². The molecule has 1 aliphatic rings. The quantitative estimate of drug-likeness (QED) is 0.726. The van der Waals surface area contributed by atoms with Gasteiger partial charge in [0.2, 0.25) is 0 Å². The van der Waals surface area contributed by atoms with Crippen molar-refractivity contribution < 1.29 is 9.90 Å². The summed E-state index contributed by atoms with van der Waals surface area (Å²) in [7, 11) is 0. The summed E-state index contributed by atoms with van der Waals surface area (Å²) in [5.74, 6) is -0.264. The molecular weight excluding hydrogens is 338 g/mol. The molecule has 0 saturated carbocycles. The number of nitrogens with one attached hydrogen (secondary N) is 1. The zero-order valence-corrected chi connectivity index (χ0v) is 14.9. The molecule has 1 heterocycles. The van der Waals surface area contributed by atoms with Crippen LogP contribution in [0.1, 0.15) is 23.1 Å². The molecule has 2 aromatic carbocycles. The molecule has 1 atom stereocenters. The Kier molecular flexibility index (Phi) is 4.83. The number of hydrogen-bond acceptors (Lipinski definition) is 4. The molecule has 0 amide bonds. The van der Waals surface area contributed by atoms with Crippen molar-refractivity contribution in [1.82, 2.24) is 9.97 Å². The first kappa shape index (κ1) is 17.2. The van der Waals surface area contributed by atoms with Gasteiger partial charge < -0.3 is 10.4 Å². The highest BCUT2D eigenvalue weighted by atomic mass is 16.4. The van der Waals surface area contributed by atoms with Crippen molar-refractivity contribution in [2.45, 2.75) is 31.7 Å². The van der Waals surface area contributed by atoms with Gasteiger partial charge in [-0.05, 0) is 30.4 Å². The van der Waals surface area contributed by atoms with Crippen molar-refractivity contribution in [2.24, 2.45) is 0 Å². The molecule has 2 N–H and O–H groups in total. The van der Waals surface area contributed by atoms with Crippen LogP contribution in [0.4, 0.5) is 5.82 Å². The van der Waals surface area contributed by atoms with E-state index in [9.17, 15) is 9.90 Å². The van der Waals surface area contributed by atoms with Crippen molar-refractivity contribution in [3.63, 3.8) is 0 Å². The molecule has 136 valence electrons. The summed E-state index contributed by atoms with van der Waals surface area (Å²) in [6, 6.07) is 17.2. The normalized spacial score (nSPS) is 13.8. The summed E-state index contributed by atoms with van der Waals surface area (Å²) in [5.41, 5.74) is 5.28. The van der Waals surface area contributed by atoms with E-state index < -0.39 is 12.0 Å². The van der Waals surface area contributed by atoms with E-state index in [-0.39, 0.29) is 0 Å². The molecule has 5 nitrogen and oxygen atoms in total. The second-order valence-corrected chi connectivity index (χ2v) is 6.79. The highest BCUT2D eigenvalue weighted by Crippen LogP contribution is 2.33. The van der Waals surface area contributed by atoms with Crippen LogP contribution >= 0.6 is 0 Å². The predicted molar refractivity (Wildman–Crippen MR) is 105 cm³/mol. The standard InChI is InChI=1S/C22H21N3O2/c26-22(27)19(13-15-7-2-1-3-8-15)25-21-18-12-6-10-16-9-4-5-11-17(16)20(18)23-14-24-21/h1-5,7-9,11,14,19H,6,10,12-13H2,(H,26,27)(H,23,24,25)/t19-/m1/s1. The summed E-state index contributed by atoms with van der Waals surface area (Å²) in [6.07, 6.45) is 4.71. The van der Waals surface area contributed by atoms with Gasteiger partial charge in [-0.3, -0.25) is 0 Å². The Bertz CT molecular complexity index is 957. The number of carboxylic acids is 1. The molecule has 0 fully saturated rings. The second-order valence-electron chi connectivity index (χ2n) is 6.79. The average Bonchev–Trinajstić information content (AvgIpc) is 2.88. The first-order valence-electron chi connectivity index (χ1n) is 9.18. The molecule has 0 saturated heterocycles. The van der Waals surface area contributed by atoms with Crippen LogP contribution in [0.2, 0.25) is 0 Å². The second kappa shape index (κ2) is 7.58. The summed E-state index contributed by atoms with van der Waals surface area (Å²) >= 11 is 0. The molecule has 5 heteroatoms. The highest BCUT2D eigenvalue weighted by molar-refractivity contribution is 5.79. The van der Waals surface area contributed by atoms with Crippen molar-refractivity contribution in [3.8, 4) is 11.3 Å². The van der Waals surface area contributed by atoms with Crippen molar-refractivity contribution >= 4 is 11.8 Å². The number of nitrogens with zero attached hydrogens (tertiary/aromatic N) is 2. The number of rotatable bonds is 5. The van der Waals surface area contributed by atoms with E-state index in [0.717, 1.165) is 41.6 Å². The summed E-state index contributed by atoms with van der Waals surface area (Å²) in [5, 5.41) is 12.9. The Balaban J connectivity index is 1.68. The molecule has 4 rings (SSSR count). The molecule has 1 aromatic heterocycles. The number of benzene rings is 2. The minimum atomic E-state index is -0.889. The van der Waals surface area contributed by atoms with E-state index in [0.29, 0.717) is 12.2 Å². The van der Waals surface area contributed by atoms with Gasteiger partial charge >= 0.3 is 5.97 Å². The lowest BCUT2D eigenvalue weighted by molar-refractivity contribution is -0.137. The SMILES string of the molecule is O=C(O)[C@@H](Cc1ccccc1)Nc1ncnc2c1CCCc1ccccc1-2. The number of anilines is 1. The summed E-state index contributed by atoms with van der Waals surface area (Å²) in [4.78, 5) is 20.7. The number of aryl methyl sites for hydroxylation is 1. The number of carbonyl (C=O) groups is 1. The van der Waals surface area contributed by atoms with E-state index in [1.165, 1.54) is 11.9 Å². The van der Waals surface area contributed by atoms with Gasteiger partial charge in [-0.2, -0.15) is 0 Å². The highest BCUT2D eigenvalue weighted by Gasteiger charge is 2.23. The van der Waals surface area contributed by atoms with Gasteiger partial charge in [-0.1, -0.05) is 54.6 Å². The van der Waals surface area contributed by atoms with Crippen LogP contribution in [0.5, 0.6) is 0 Å². The molecule has 0 bridgehead atoms. The van der Waals surface area contributed by atoms with Gasteiger partial charge in [0.1, 0.15) is 18.2 Å². The van der Waals surface area contributed by atoms with Crippen molar-refractivity contribution in [2.75, 3.05) is 5.32 Å². The van der Waals surface area contributed by atoms with Crippen LogP contribution in [0.25, 0.3) is 11.3 Å². The summed E-state index contributed by atoms with van der Waals surface area (Å²) < 4.78 is 0. The minimum Gasteiger partial charge on any atom is -0.480 e. The van der Waals surface area contributed by atoms with Crippen LogP contribution in [-0.2, 0) is 24.1 Å². The Morgan fingerprint density at radius 3 is 2.63 bits per heavy atom. The van der Waals surface area contributed by atoms with E-state index >= 15 is 0 Å². The van der Waals surface area contributed by atoms with Crippen LogP contribution < -0.4 is 5.32 Å². The van der Waals surface area contributed by atoms with Gasteiger partial charge in [0.25, 0.3) is 0 Å². The fraction of sp³-hybridized carbons (Fsp3) is 0.227. The molecule has 0 spiro atoms. The lowest BCUT2D eigenvalue weighted by Gasteiger charge is -2.18. The van der Waals surface area contributed by atoms with Crippen LogP contribution in [-0.4, -0.2) is 27.1 Å². The molecule has 0 unspecified atom stereocenters. The minimum absolute atomic E-state index is 0.394. The zero-order valence-electron chi connectivity index (χ0n) is 14.9. The smallest absolute Gasteiger partial charge is 0.326 e. The third-order valence-electron chi connectivity index (χ3n) is 4.98. The maximum Gasteiger partial charge on any atom is 0.326 e. The Morgan fingerprint density at radius 1 is 1.04 bits per heavy atom. The molecule has 0 radical (unpaired) electrons. The van der Waals surface area contributed by atoms with E-state index in [1.54, 1.807) is 0 Å². The lowest BCUT2D eigenvalue weighted by atomic mass is 10.0. The summed E-state index contributed by atoms with van der Waals surface area (Å²) in [6.45, 7) is 0. The monoisotopic (exact) mass is 359 g/mol. The Morgan fingerprint density at radius 2 is 1.81 bits per heavy atom. The zero-order chi connectivity index (χ0) is 18.6. The molecule has 3 aromatic rings. The van der Waals surface area contributed by atoms with Crippen LogP contribution in [0.3, 0.4) is 0 Å². The first-order chi connectivity index (χ1) is 13.2. The number of aromatic nitrogens is 2. The van der Waals surface area contributed by atoms with Crippen LogP contribution in [0, 0.1) is 0 Å². The number of carboxylic acid groups (broad SMARTS) is 1. The first-order valence-corrected chi connectivity index (χ1v) is 9.18. The van der Waals surface area contributed by atoms with Gasteiger partial charge in [-0.15, -0.1) is 0 Å². The van der Waals surface area contributed by atoms with Gasteiger partial charge in [-0.25, -0.2) is 14.8 Å². The molecular formula is C22H21N3O2. The Hall–Kier alpha value is -3.21. The topological polar surface area (TPSA) is 75.1 Å². The predicted octanol–water partition coefficient (Wildman–Crippen LogP) is 3.74. The molecule has 1 aliphatic carbocycles. The van der Waals surface area contributed by atoms with Crippen molar-refractivity contribution in [3.05, 3.63) is 77.6 Å². The van der Waals surface area contributed by atoms with E-state index in [1.807, 2.05) is 42.5 Å². The molecule has 27 heavy (non-hydrogen) atoms. The Labute approximate surface area is 158 Å².